The molecule has 2 aliphatic rings. The molecule has 0 radical (unpaired) electrons. The number of amides is 1. The molecule has 10 heteroatoms. The number of carbonyl (C=O) groups is 1. The minimum Gasteiger partial charge on any atom is -0.369 e. The molecule has 8 nitrogen and oxygen atoms in total. The van der Waals surface area contributed by atoms with Gasteiger partial charge in [0.05, 0.1) is 21.8 Å². The number of sulfonamides is 2. The summed E-state index contributed by atoms with van der Waals surface area (Å²) in [6.45, 7) is 7.06. The van der Waals surface area contributed by atoms with Gasteiger partial charge in [-0.3, -0.25) is 4.79 Å². The molecular formula is C22H27N3O5S2. The number of piperazine rings is 1. The monoisotopic (exact) mass is 477 g/mol. The minimum atomic E-state index is -3.78. The van der Waals surface area contributed by atoms with Gasteiger partial charge in [0.2, 0.25) is 26.0 Å². The normalized spacial score (nSPS) is 21.2. The quantitative estimate of drug-likeness (QED) is 0.670. The van der Waals surface area contributed by atoms with E-state index in [1.54, 1.807) is 13.8 Å². The van der Waals surface area contributed by atoms with Gasteiger partial charge in [0.15, 0.2) is 0 Å². The van der Waals surface area contributed by atoms with Gasteiger partial charge in [0.25, 0.3) is 0 Å². The fourth-order valence-electron chi connectivity index (χ4n) is 4.18. The molecule has 1 amide bonds. The van der Waals surface area contributed by atoms with Crippen LogP contribution in [0.4, 0.5) is 11.4 Å². The lowest BCUT2D eigenvalue weighted by Crippen LogP contribution is -2.48. The molecule has 0 atom stereocenters. The Morgan fingerprint density at radius 2 is 1.53 bits per heavy atom. The van der Waals surface area contributed by atoms with Gasteiger partial charge in [-0.2, -0.15) is 4.31 Å². The van der Waals surface area contributed by atoms with E-state index in [9.17, 15) is 21.6 Å². The summed E-state index contributed by atoms with van der Waals surface area (Å²) in [4.78, 5) is 14.8. The third-order valence-corrected chi connectivity index (χ3v) is 9.83. The molecule has 2 saturated heterocycles. The Morgan fingerprint density at radius 3 is 2.06 bits per heavy atom. The van der Waals surface area contributed by atoms with Gasteiger partial charge in [0.1, 0.15) is 0 Å². The highest BCUT2D eigenvalue weighted by atomic mass is 32.2. The van der Waals surface area contributed by atoms with E-state index in [2.05, 4.69) is 11.0 Å². The predicted octanol–water partition coefficient (Wildman–Crippen LogP) is 2.21. The summed E-state index contributed by atoms with van der Waals surface area (Å²) in [7, 11) is -7.51. The number of benzene rings is 2. The second-order valence-electron chi connectivity index (χ2n) is 8.93. The summed E-state index contributed by atoms with van der Waals surface area (Å²) in [5.74, 6) is -0.787. The molecule has 0 spiro atoms. The number of aryl methyl sites for hydroxylation is 1. The van der Waals surface area contributed by atoms with Gasteiger partial charge in [0, 0.05) is 31.9 Å². The number of anilines is 2. The first-order valence-corrected chi connectivity index (χ1v) is 13.5. The van der Waals surface area contributed by atoms with Crippen LogP contribution in [-0.4, -0.2) is 59.0 Å². The van der Waals surface area contributed by atoms with Crippen LogP contribution in [0.5, 0.6) is 0 Å². The van der Waals surface area contributed by atoms with Crippen LogP contribution < -0.4 is 9.21 Å². The molecule has 0 aromatic heterocycles. The van der Waals surface area contributed by atoms with Gasteiger partial charge in [-0.1, -0.05) is 12.1 Å². The van der Waals surface area contributed by atoms with Crippen molar-refractivity contribution in [3.05, 3.63) is 54.1 Å². The SMILES string of the molecule is Cc1cccc(N2CCN(S(=O)(=O)c3ccc(N4C(=O)C(C)(C)CS4(=O)=O)cc3)CC2)c1. The van der Waals surface area contributed by atoms with E-state index in [-0.39, 0.29) is 16.3 Å². The third kappa shape index (κ3) is 4.02. The van der Waals surface area contributed by atoms with E-state index >= 15 is 0 Å². The standard InChI is InChI=1S/C22H27N3O5S2/c1-17-5-4-6-19(15-17)23-11-13-24(14-12-23)32(29,30)20-9-7-18(8-10-20)25-21(26)22(2,3)16-31(25,27)28/h4-10,15H,11-14,16H2,1-3H3. The number of hydrogen-bond donors (Lipinski definition) is 0. The van der Waals surface area contributed by atoms with E-state index in [1.165, 1.54) is 28.6 Å². The Hall–Kier alpha value is -2.43. The molecule has 0 bridgehead atoms. The highest BCUT2D eigenvalue weighted by Crippen LogP contribution is 2.36. The first-order chi connectivity index (χ1) is 14.9. The lowest BCUT2D eigenvalue weighted by Gasteiger charge is -2.35. The van der Waals surface area contributed by atoms with Crippen molar-refractivity contribution in [2.24, 2.45) is 5.41 Å². The first-order valence-electron chi connectivity index (χ1n) is 10.4. The van der Waals surface area contributed by atoms with Gasteiger partial charge < -0.3 is 4.90 Å². The van der Waals surface area contributed by atoms with E-state index in [1.807, 2.05) is 25.1 Å². The second-order valence-corrected chi connectivity index (χ2v) is 12.7. The predicted molar refractivity (Wildman–Crippen MR) is 124 cm³/mol. The molecule has 0 aliphatic carbocycles. The van der Waals surface area contributed by atoms with E-state index in [0.717, 1.165) is 15.6 Å². The highest BCUT2D eigenvalue weighted by Gasteiger charge is 2.49. The summed E-state index contributed by atoms with van der Waals surface area (Å²) < 4.78 is 53.4. The second kappa shape index (κ2) is 7.86. The van der Waals surface area contributed by atoms with Crippen LogP contribution >= 0.6 is 0 Å². The minimum absolute atomic E-state index is 0.0774. The Bertz CT molecular complexity index is 1250. The molecule has 0 N–H and O–H groups in total. The summed E-state index contributed by atoms with van der Waals surface area (Å²) >= 11 is 0. The fraction of sp³-hybridized carbons (Fsp3) is 0.409. The lowest BCUT2D eigenvalue weighted by molar-refractivity contribution is -0.123. The third-order valence-electron chi connectivity index (χ3n) is 5.90. The smallest absolute Gasteiger partial charge is 0.247 e. The highest BCUT2D eigenvalue weighted by molar-refractivity contribution is 7.94. The van der Waals surface area contributed by atoms with Crippen molar-refractivity contribution in [1.29, 1.82) is 0 Å². The molecule has 2 aromatic rings. The van der Waals surface area contributed by atoms with Gasteiger partial charge in [-0.05, 0) is 62.7 Å². The van der Waals surface area contributed by atoms with Crippen molar-refractivity contribution in [2.45, 2.75) is 25.7 Å². The van der Waals surface area contributed by atoms with E-state index in [4.69, 9.17) is 0 Å². The largest absolute Gasteiger partial charge is 0.369 e. The fourth-order valence-corrected chi connectivity index (χ4v) is 7.70. The van der Waals surface area contributed by atoms with Crippen LogP contribution in [0.25, 0.3) is 0 Å². The number of rotatable bonds is 4. The molecule has 4 rings (SSSR count). The molecule has 2 heterocycles. The molecule has 2 aromatic carbocycles. The summed E-state index contributed by atoms with van der Waals surface area (Å²) in [6.07, 6.45) is 0. The molecule has 0 saturated carbocycles. The van der Waals surface area contributed by atoms with Crippen LogP contribution in [0.1, 0.15) is 19.4 Å². The van der Waals surface area contributed by atoms with Crippen molar-refractivity contribution >= 4 is 37.3 Å². The van der Waals surface area contributed by atoms with Gasteiger partial charge >= 0.3 is 0 Å². The molecular weight excluding hydrogens is 450 g/mol. The number of nitrogens with zero attached hydrogens (tertiary/aromatic N) is 3. The number of carbonyl (C=O) groups excluding carboxylic acids is 1. The zero-order valence-corrected chi connectivity index (χ0v) is 20.0. The number of hydrogen-bond acceptors (Lipinski definition) is 6. The maximum absolute atomic E-state index is 13.1. The summed E-state index contributed by atoms with van der Waals surface area (Å²) in [5, 5.41) is 0. The maximum atomic E-state index is 13.1. The molecule has 0 unspecified atom stereocenters. The lowest BCUT2D eigenvalue weighted by atomic mass is 9.95. The Morgan fingerprint density at radius 1 is 0.906 bits per heavy atom. The van der Waals surface area contributed by atoms with Crippen LogP contribution in [-0.2, 0) is 24.8 Å². The summed E-state index contributed by atoms with van der Waals surface area (Å²) in [5.41, 5.74) is 1.37. The van der Waals surface area contributed by atoms with Crippen LogP contribution in [0, 0.1) is 12.3 Å². The van der Waals surface area contributed by atoms with Gasteiger partial charge in [-0.15, -0.1) is 0 Å². The maximum Gasteiger partial charge on any atom is 0.247 e. The van der Waals surface area contributed by atoms with Crippen LogP contribution in [0.15, 0.2) is 53.4 Å². The van der Waals surface area contributed by atoms with E-state index in [0.29, 0.717) is 26.2 Å². The van der Waals surface area contributed by atoms with Crippen molar-refractivity contribution in [1.82, 2.24) is 4.31 Å². The Balaban J connectivity index is 1.50. The van der Waals surface area contributed by atoms with Crippen LogP contribution in [0.2, 0.25) is 0 Å². The average molecular weight is 478 g/mol. The molecule has 2 aliphatic heterocycles. The summed E-state index contributed by atoms with van der Waals surface area (Å²) in [6, 6.07) is 13.6. The van der Waals surface area contributed by atoms with Crippen molar-refractivity contribution < 1.29 is 21.6 Å². The topological polar surface area (TPSA) is 95.1 Å². The zero-order chi connectivity index (χ0) is 23.3. The van der Waals surface area contributed by atoms with Crippen molar-refractivity contribution in [3.8, 4) is 0 Å². The van der Waals surface area contributed by atoms with Crippen molar-refractivity contribution in [2.75, 3.05) is 41.1 Å². The Labute approximate surface area is 189 Å². The average Bonchev–Trinajstić information content (AvgIpc) is 2.90. The zero-order valence-electron chi connectivity index (χ0n) is 18.4. The van der Waals surface area contributed by atoms with E-state index < -0.39 is 31.4 Å². The van der Waals surface area contributed by atoms with Crippen LogP contribution in [0.3, 0.4) is 0 Å². The molecule has 2 fully saturated rings. The first kappa shape index (κ1) is 22.8. The molecule has 32 heavy (non-hydrogen) atoms. The van der Waals surface area contributed by atoms with Gasteiger partial charge in [-0.25, -0.2) is 21.1 Å². The molecule has 172 valence electrons. The Kier molecular flexibility index (Phi) is 5.59. The van der Waals surface area contributed by atoms with Crippen molar-refractivity contribution in [3.63, 3.8) is 0 Å².